The van der Waals surface area contributed by atoms with Gasteiger partial charge in [0, 0.05) is 38.9 Å². The number of pyridine rings is 1. The summed E-state index contributed by atoms with van der Waals surface area (Å²) >= 11 is 0. The lowest BCUT2D eigenvalue weighted by molar-refractivity contribution is 0.0170. The van der Waals surface area contributed by atoms with Gasteiger partial charge in [0.25, 0.3) is 0 Å². The molecule has 0 spiro atoms. The Balaban J connectivity index is 1.71. The van der Waals surface area contributed by atoms with Crippen LogP contribution in [0.25, 0.3) is 0 Å². The molecular formula is C14H22N4O2. The van der Waals surface area contributed by atoms with Crippen molar-refractivity contribution in [2.45, 2.75) is 13.0 Å². The van der Waals surface area contributed by atoms with Crippen LogP contribution in [0.4, 0.5) is 0 Å². The van der Waals surface area contributed by atoms with Crippen molar-refractivity contribution in [2.75, 3.05) is 39.3 Å². The van der Waals surface area contributed by atoms with Gasteiger partial charge in [0.05, 0.1) is 5.69 Å². The topological polar surface area (TPSA) is 70.0 Å². The van der Waals surface area contributed by atoms with Gasteiger partial charge in [-0.2, -0.15) is 0 Å². The highest BCUT2D eigenvalue weighted by atomic mass is 16.6. The molecule has 2 rings (SSSR count). The molecule has 1 unspecified atom stereocenters. The highest BCUT2D eigenvalue weighted by molar-refractivity contribution is 5.96. The lowest BCUT2D eigenvalue weighted by Gasteiger charge is -2.28. The minimum absolute atomic E-state index is 0.202. The lowest BCUT2D eigenvalue weighted by Crippen LogP contribution is -2.46. The molecule has 0 radical (unpaired) electrons. The maximum absolute atomic E-state index is 9.91. The van der Waals surface area contributed by atoms with E-state index < -0.39 is 6.10 Å². The number of nitrogens with one attached hydrogen (secondary N) is 1. The molecule has 110 valence electrons. The second-order valence-electron chi connectivity index (χ2n) is 4.89. The lowest BCUT2D eigenvalue weighted by atomic mass is 10.3. The van der Waals surface area contributed by atoms with E-state index in [4.69, 9.17) is 4.84 Å². The molecule has 1 aliphatic rings. The van der Waals surface area contributed by atoms with Crippen molar-refractivity contribution >= 4 is 5.71 Å². The molecule has 0 bridgehead atoms. The highest BCUT2D eigenvalue weighted by Gasteiger charge is 2.14. The zero-order valence-corrected chi connectivity index (χ0v) is 11.8. The molecule has 1 aromatic heterocycles. The third-order valence-electron chi connectivity index (χ3n) is 3.18. The number of β-amino-alcohol motifs (C(OH)–C–C–N with tert-alkyl or cyclic N) is 1. The van der Waals surface area contributed by atoms with E-state index in [9.17, 15) is 5.11 Å². The van der Waals surface area contributed by atoms with E-state index in [0.29, 0.717) is 12.3 Å². The van der Waals surface area contributed by atoms with Gasteiger partial charge in [-0.25, -0.2) is 0 Å². The van der Waals surface area contributed by atoms with Gasteiger partial charge in [0.2, 0.25) is 0 Å². The Morgan fingerprint density at radius 1 is 1.50 bits per heavy atom. The van der Waals surface area contributed by atoms with Crippen LogP contribution in [0.3, 0.4) is 0 Å². The van der Waals surface area contributed by atoms with Gasteiger partial charge in [-0.05, 0) is 19.1 Å². The van der Waals surface area contributed by atoms with Gasteiger partial charge in [0.1, 0.15) is 18.4 Å². The molecule has 2 N–H and O–H groups in total. The minimum Gasteiger partial charge on any atom is -0.393 e. The van der Waals surface area contributed by atoms with E-state index in [1.807, 2.05) is 25.1 Å². The summed E-state index contributed by atoms with van der Waals surface area (Å²) in [4.78, 5) is 11.6. The largest absolute Gasteiger partial charge is 0.393 e. The summed E-state index contributed by atoms with van der Waals surface area (Å²) in [5.41, 5.74) is 1.49. The molecule has 20 heavy (non-hydrogen) atoms. The van der Waals surface area contributed by atoms with Gasteiger partial charge < -0.3 is 15.3 Å². The van der Waals surface area contributed by atoms with Crippen molar-refractivity contribution in [1.29, 1.82) is 0 Å². The van der Waals surface area contributed by atoms with Crippen LogP contribution in [0, 0.1) is 0 Å². The molecule has 6 nitrogen and oxygen atoms in total. The van der Waals surface area contributed by atoms with Crippen molar-refractivity contribution in [2.24, 2.45) is 5.16 Å². The molecule has 1 saturated heterocycles. The van der Waals surface area contributed by atoms with Crippen LogP contribution < -0.4 is 5.32 Å². The van der Waals surface area contributed by atoms with E-state index in [0.717, 1.165) is 31.9 Å². The summed E-state index contributed by atoms with van der Waals surface area (Å²) in [6.07, 6.45) is 1.20. The summed E-state index contributed by atoms with van der Waals surface area (Å²) < 4.78 is 0. The number of aromatic nitrogens is 1. The van der Waals surface area contributed by atoms with Gasteiger partial charge >= 0.3 is 0 Å². The molecule has 2 heterocycles. The van der Waals surface area contributed by atoms with Gasteiger partial charge in [0.15, 0.2) is 0 Å². The standard InChI is InChI=1S/C14H22N4O2/c1-12(14-4-2-3-5-16-14)17-20-11-13(19)10-18-8-6-15-7-9-18/h2-5,13,15,19H,6-11H2,1H3/b17-12+. The molecular weight excluding hydrogens is 256 g/mol. The number of oxime groups is 1. The highest BCUT2D eigenvalue weighted by Crippen LogP contribution is 1.99. The number of rotatable bonds is 6. The Bertz CT molecular complexity index is 418. The number of nitrogens with zero attached hydrogens (tertiary/aromatic N) is 3. The minimum atomic E-state index is -0.520. The van der Waals surface area contributed by atoms with Crippen LogP contribution >= 0.6 is 0 Å². The Morgan fingerprint density at radius 3 is 3.00 bits per heavy atom. The van der Waals surface area contributed by atoms with Crippen molar-refractivity contribution in [3.8, 4) is 0 Å². The third kappa shape index (κ3) is 4.88. The first kappa shape index (κ1) is 14.9. The third-order valence-corrected chi connectivity index (χ3v) is 3.18. The molecule has 1 fully saturated rings. The maximum atomic E-state index is 9.91. The number of aliphatic hydroxyl groups excluding tert-OH is 1. The Labute approximate surface area is 119 Å². The Hall–Kier alpha value is -1.50. The molecule has 0 saturated carbocycles. The molecule has 1 atom stereocenters. The summed E-state index contributed by atoms with van der Waals surface area (Å²) in [6.45, 7) is 6.55. The van der Waals surface area contributed by atoms with Crippen molar-refractivity contribution in [3.63, 3.8) is 0 Å². The van der Waals surface area contributed by atoms with Crippen molar-refractivity contribution in [1.82, 2.24) is 15.2 Å². The van der Waals surface area contributed by atoms with Crippen LogP contribution in [0.15, 0.2) is 29.6 Å². The predicted molar refractivity (Wildman–Crippen MR) is 77.7 cm³/mol. The Kier molecular flexibility index (Phi) is 5.91. The summed E-state index contributed by atoms with van der Waals surface area (Å²) in [6, 6.07) is 5.63. The summed E-state index contributed by atoms with van der Waals surface area (Å²) in [5.74, 6) is 0. The van der Waals surface area contributed by atoms with E-state index in [-0.39, 0.29) is 6.61 Å². The molecule has 0 aliphatic carbocycles. The maximum Gasteiger partial charge on any atom is 0.144 e. The smallest absolute Gasteiger partial charge is 0.144 e. The van der Waals surface area contributed by atoms with Gasteiger partial charge in [-0.15, -0.1) is 0 Å². The van der Waals surface area contributed by atoms with E-state index in [1.165, 1.54) is 0 Å². The van der Waals surface area contributed by atoms with Gasteiger partial charge in [-0.3, -0.25) is 9.88 Å². The van der Waals surface area contributed by atoms with Crippen molar-refractivity contribution < 1.29 is 9.94 Å². The zero-order chi connectivity index (χ0) is 14.2. The SMILES string of the molecule is C/C(=N\OCC(O)CN1CCNCC1)c1ccccn1. The first-order chi connectivity index (χ1) is 9.75. The first-order valence-corrected chi connectivity index (χ1v) is 6.95. The van der Waals surface area contributed by atoms with E-state index in [2.05, 4.69) is 20.4 Å². The van der Waals surface area contributed by atoms with E-state index >= 15 is 0 Å². The second-order valence-corrected chi connectivity index (χ2v) is 4.89. The van der Waals surface area contributed by atoms with Crippen LogP contribution in [-0.4, -0.2) is 66.1 Å². The molecule has 1 aliphatic heterocycles. The fourth-order valence-electron chi connectivity index (χ4n) is 2.09. The zero-order valence-electron chi connectivity index (χ0n) is 11.8. The Morgan fingerprint density at radius 2 is 2.30 bits per heavy atom. The number of hydrogen-bond acceptors (Lipinski definition) is 6. The van der Waals surface area contributed by atoms with Crippen LogP contribution in [0.5, 0.6) is 0 Å². The quantitative estimate of drug-likeness (QED) is 0.570. The second kappa shape index (κ2) is 7.94. The summed E-state index contributed by atoms with van der Waals surface area (Å²) in [7, 11) is 0. The van der Waals surface area contributed by atoms with Gasteiger partial charge in [-0.1, -0.05) is 11.2 Å². The predicted octanol–water partition coefficient (Wildman–Crippen LogP) is 0.0883. The molecule has 6 heteroatoms. The molecule has 0 aromatic carbocycles. The monoisotopic (exact) mass is 278 g/mol. The number of piperazine rings is 1. The van der Waals surface area contributed by atoms with Crippen LogP contribution in [-0.2, 0) is 4.84 Å². The normalized spacial score (nSPS) is 18.8. The fourth-order valence-corrected chi connectivity index (χ4v) is 2.09. The molecule has 1 aromatic rings. The average Bonchev–Trinajstić information content (AvgIpc) is 2.49. The fraction of sp³-hybridized carbons (Fsp3) is 0.571. The number of hydrogen-bond donors (Lipinski definition) is 2. The number of aliphatic hydroxyl groups is 1. The van der Waals surface area contributed by atoms with Crippen LogP contribution in [0.1, 0.15) is 12.6 Å². The van der Waals surface area contributed by atoms with Crippen LogP contribution in [0.2, 0.25) is 0 Å². The molecule has 0 amide bonds. The summed E-state index contributed by atoms with van der Waals surface area (Å²) in [5, 5.41) is 17.2. The van der Waals surface area contributed by atoms with Crippen molar-refractivity contribution in [3.05, 3.63) is 30.1 Å². The van der Waals surface area contributed by atoms with E-state index in [1.54, 1.807) is 6.20 Å². The first-order valence-electron chi connectivity index (χ1n) is 6.95. The average molecular weight is 278 g/mol.